The predicted octanol–water partition coefficient (Wildman–Crippen LogP) is 4.69. The fourth-order valence-corrected chi connectivity index (χ4v) is 4.35. The van der Waals surface area contributed by atoms with Crippen molar-refractivity contribution in [3.63, 3.8) is 0 Å². The van der Waals surface area contributed by atoms with Crippen LogP contribution in [-0.2, 0) is 11.2 Å². The Bertz CT molecular complexity index is 1570. The zero-order chi connectivity index (χ0) is 24.7. The Balaban J connectivity index is 1.11. The highest BCUT2D eigenvalue weighted by Crippen LogP contribution is 2.27. The molecule has 3 aromatic carbocycles. The number of carbonyl (C=O) groups is 1. The summed E-state index contributed by atoms with van der Waals surface area (Å²) < 4.78 is 0. The van der Waals surface area contributed by atoms with Crippen LogP contribution in [0.4, 0.5) is 5.82 Å². The Labute approximate surface area is 208 Å². The minimum atomic E-state index is -0.206. The lowest BCUT2D eigenvalue weighted by atomic mass is 9.98. The van der Waals surface area contributed by atoms with Crippen molar-refractivity contribution in [2.75, 3.05) is 18.4 Å². The number of benzene rings is 3. The lowest BCUT2D eigenvalue weighted by Gasteiger charge is -2.10. The summed E-state index contributed by atoms with van der Waals surface area (Å²) in [5.41, 5.74) is 4.09. The van der Waals surface area contributed by atoms with Crippen molar-refractivity contribution in [3.05, 3.63) is 101 Å². The number of pyridine rings is 1. The van der Waals surface area contributed by atoms with Crippen molar-refractivity contribution in [2.24, 2.45) is 0 Å². The number of rotatable bonds is 9. The zero-order valence-electron chi connectivity index (χ0n) is 19.8. The molecule has 0 radical (unpaired) electrons. The van der Waals surface area contributed by atoms with Crippen LogP contribution >= 0.6 is 0 Å². The average molecular weight is 478 g/mol. The number of aromatic amines is 1. The van der Waals surface area contributed by atoms with E-state index in [2.05, 4.69) is 62.2 Å². The smallest absolute Gasteiger partial charge is 0.272 e. The molecule has 36 heavy (non-hydrogen) atoms. The van der Waals surface area contributed by atoms with Gasteiger partial charge in [0.05, 0.1) is 10.9 Å². The summed E-state index contributed by atoms with van der Waals surface area (Å²) in [5.74, 6) is 0.664. The van der Waals surface area contributed by atoms with Gasteiger partial charge in [0.2, 0.25) is 5.91 Å². The molecular weight excluding hydrogens is 450 g/mol. The summed E-state index contributed by atoms with van der Waals surface area (Å²) in [6.07, 6.45) is 3.65. The van der Waals surface area contributed by atoms with Crippen LogP contribution in [0.15, 0.2) is 89.9 Å². The highest BCUT2D eigenvalue weighted by Gasteiger charge is 2.08. The second-order valence-electron chi connectivity index (χ2n) is 8.66. The van der Waals surface area contributed by atoms with Crippen molar-refractivity contribution in [1.29, 1.82) is 0 Å². The second-order valence-corrected chi connectivity index (χ2v) is 8.66. The van der Waals surface area contributed by atoms with Gasteiger partial charge in [0.25, 0.3) is 5.56 Å². The topological polar surface area (TPSA) is 99.8 Å². The number of hydrogen-bond donors (Lipinski definition) is 3. The van der Waals surface area contributed by atoms with Gasteiger partial charge in [-0.05, 0) is 36.1 Å². The Kier molecular flexibility index (Phi) is 6.98. The molecule has 0 atom stereocenters. The SMILES string of the molecule is O=C(CCc1cccc(-c2cccc3cccnc23)c1)NCCCNc1n[nH]c(=O)c2ccccc12. The Hall–Kier alpha value is -4.52. The molecule has 0 bridgehead atoms. The fraction of sp³-hybridized carbons (Fsp3) is 0.172. The molecule has 2 aromatic heterocycles. The van der Waals surface area contributed by atoms with Crippen molar-refractivity contribution >= 4 is 33.4 Å². The Morgan fingerprint density at radius 3 is 2.64 bits per heavy atom. The van der Waals surface area contributed by atoms with Crippen molar-refractivity contribution in [3.8, 4) is 11.1 Å². The minimum absolute atomic E-state index is 0.0276. The summed E-state index contributed by atoms with van der Waals surface area (Å²) in [6, 6.07) is 25.9. The quantitative estimate of drug-likeness (QED) is 0.268. The van der Waals surface area contributed by atoms with E-state index < -0.39 is 0 Å². The maximum atomic E-state index is 12.4. The van der Waals surface area contributed by atoms with Crippen LogP contribution < -0.4 is 16.2 Å². The van der Waals surface area contributed by atoms with E-state index >= 15 is 0 Å². The number of carbonyl (C=O) groups excluding carboxylic acids is 1. The van der Waals surface area contributed by atoms with Gasteiger partial charge >= 0.3 is 0 Å². The summed E-state index contributed by atoms with van der Waals surface area (Å²) in [4.78, 5) is 28.9. The molecule has 0 aliphatic carbocycles. The van der Waals surface area contributed by atoms with Crippen LogP contribution in [-0.4, -0.2) is 34.2 Å². The molecule has 0 aliphatic rings. The zero-order valence-corrected chi connectivity index (χ0v) is 19.8. The summed E-state index contributed by atoms with van der Waals surface area (Å²) >= 11 is 0. The lowest BCUT2D eigenvalue weighted by Crippen LogP contribution is -2.26. The van der Waals surface area contributed by atoms with Crippen LogP contribution in [0.3, 0.4) is 0 Å². The molecule has 0 fully saturated rings. The van der Waals surface area contributed by atoms with Crippen LogP contribution in [0.2, 0.25) is 0 Å². The van der Waals surface area contributed by atoms with Crippen LogP contribution in [0.25, 0.3) is 32.8 Å². The fourth-order valence-electron chi connectivity index (χ4n) is 4.35. The third-order valence-electron chi connectivity index (χ3n) is 6.18. The molecular formula is C29H27N5O2. The number of nitrogens with one attached hydrogen (secondary N) is 3. The Morgan fingerprint density at radius 1 is 0.889 bits per heavy atom. The van der Waals surface area contributed by atoms with Crippen LogP contribution in [0, 0.1) is 0 Å². The summed E-state index contributed by atoms with van der Waals surface area (Å²) in [7, 11) is 0. The first-order valence-electron chi connectivity index (χ1n) is 12.1. The Morgan fingerprint density at radius 2 is 1.72 bits per heavy atom. The molecule has 1 amide bonds. The van der Waals surface area contributed by atoms with E-state index in [9.17, 15) is 9.59 Å². The van der Waals surface area contributed by atoms with E-state index in [0.717, 1.165) is 39.4 Å². The molecule has 180 valence electrons. The van der Waals surface area contributed by atoms with Crippen molar-refractivity contribution in [1.82, 2.24) is 20.5 Å². The molecule has 2 heterocycles. The number of amides is 1. The van der Waals surface area contributed by atoms with E-state index in [0.29, 0.717) is 37.1 Å². The normalized spacial score (nSPS) is 11.0. The van der Waals surface area contributed by atoms with Gasteiger partial charge in [0.1, 0.15) is 0 Å². The molecule has 0 spiro atoms. The van der Waals surface area contributed by atoms with Gasteiger partial charge in [-0.3, -0.25) is 14.6 Å². The van der Waals surface area contributed by atoms with E-state index in [1.165, 1.54) is 0 Å². The number of aryl methyl sites for hydroxylation is 1. The molecule has 3 N–H and O–H groups in total. The second kappa shape index (κ2) is 10.8. The molecule has 0 saturated carbocycles. The maximum Gasteiger partial charge on any atom is 0.272 e. The standard InChI is InChI=1S/C29H27N5O2/c35-26(30-17-6-18-32-28-24-11-1-2-12-25(24)29(36)34-33-28)15-14-20-7-3-9-22(19-20)23-13-4-8-21-10-5-16-31-27(21)23/h1-5,7-13,16,19H,6,14-15,17-18H2,(H,30,35)(H,32,33)(H,34,36). The van der Waals surface area contributed by atoms with E-state index in [4.69, 9.17) is 0 Å². The summed E-state index contributed by atoms with van der Waals surface area (Å²) in [5, 5.41) is 15.4. The third kappa shape index (κ3) is 5.25. The maximum absolute atomic E-state index is 12.4. The largest absolute Gasteiger partial charge is 0.368 e. The highest BCUT2D eigenvalue weighted by molar-refractivity contribution is 5.93. The van der Waals surface area contributed by atoms with Gasteiger partial charge in [-0.1, -0.05) is 66.7 Å². The molecule has 7 nitrogen and oxygen atoms in total. The highest BCUT2D eigenvalue weighted by atomic mass is 16.1. The number of anilines is 1. The number of nitrogens with zero attached hydrogens (tertiary/aromatic N) is 2. The number of hydrogen-bond acceptors (Lipinski definition) is 5. The van der Waals surface area contributed by atoms with Crippen molar-refractivity contribution in [2.45, 2.75) is 19.3 Å². The molecule has 7 heteroatoms. The number of fused-ring (bicyclic) bond motifs is 2. The van der Waals surface area contributed by atoms with Gasteiger partial charge in [0.15, 0.2) is 5.82 Å². The van der Waals surface area contributed by atoms with E-state index in [1.54, 1.807) is 6.07 Å². The minimum Gasteiger partial charge on any atom is -0.368 e. The first-order valence-corrected chi connectivity index (χ1v) is 12.1. The van der Waals surface area contributed by atoms with Gasteiger partial charge in [-0.25, -0.2) is 5.10 Å². The first kappa shape index (κ1) is 23.2. The average Bonchev–Trinajstić information content (AvgIpc) is 2.93. The van der Waals surface area contributed by atoms with E-state index in [1.807, 2.05) is 42.6 Å². The van der Waals surface area contributed by atoms with Gasteiger partial charge in [-0.2, -0.15) is 5.10 Å². The van der Waals surface area contributed by atoms with Gasteiger partial charge in [0, 0.05) is 42.0 Å². The van der Waals surface area contributed by atoms with Gasteiger partial charge in [-0.15, -0.1) is 0 Å². The molecule has 0 unspecified atom stereocenters. The van der Waals surface area contributed by atoms with Crippen LogP contribution in [0.5, 0.6) is 0 Å². The first-order chi connectivity index (χ1) is 17.7. The third-order valence-corrected chi connectivity index (χ3v) is 6.18. The predicted molar refractivity (Wildman–Crippen MR) is 144 cm³/mol. The number of para-hydroxylation sites is 1. The van der Waals surface area contributed by atoms with E-state index in [-0.39, 0.29) is 11.5 Å². The molecule has 0 aliphatic heterocycles. The number of H-pyrrole nitrogens is 1. The summed E-state index contributed by atoms with van der Waals surface area (Å²) in [6.45, 7) is 1.19. The van der Waals surface area contributed by atoms with Crippen LogP contribution in [0.1, 0.15) is 18.4 Å². The van der Waals surface area contributed by atoms with Crippen molar-refractivity contribution < 1.29 is 4.79 Å². The van der Waals surface area contributed by atoms with Gasteiger partial charge < -0.3 is 10.6 Å². The lowest BCUT2D eigenvalue weighted by molar-refractivity contribution is -0.121. The number of aromatic nitrogens is 3. The molecule has 5 rings (SSSR count). The monoisotopic (exact) mass is 477 g/mol. The molecule has 5 aromatic rings. The molecule has 0 saturated heterocycles.